The van der Waals surface area contributed by atoms with Crippen LogP contribution in [-0.2, 0) is 6.54 Å². The molecule has 1 aromatic rings. The summed E-state index contributed by atoms with van der Waals surface area (Å²) in [7, 11) is 0. The van der Waals surface area contributed by atoms with Gasteiger partial charge in [0, 0.05) is 22.9 Å². The second-order valence-electron chi connectivity index (χ2n) is 3.18. The molecule has 0 saturated carbocycles. The molecule has 0 radical (unpaired) electrons. The minimum Gasteiger partial charge on any atom is -0.299 e. The molecule has 0 N–H and O–H groups in total. The first kappa shape index (κ1) is 12.2. The summed E-state index contributed by atoms with van der Waals surface area (Å²) >= 11 is 6.90. The summed E-state index contributed by atoms with van der Waals surface area (Å²) in [5.41, 5.74) is 1.37. The summed E-state index contributed by atoms with van der Waals surface area (Å²) in [5.74, 6) is 0. The number of hydrogen-bond acceptors (Lipinski definition) is 1. The Hall–Kier alpha value is 0.140. The van der Waals surface area contributed by atoms with Gasteiger partial charge in [-0.1, -0.05) is 50.9 Å². The van der Waals surface area contributed by atoms with Gasteiger partial charge >= 0.3 is 0 Å². The zero-order valence-corrected chi connectivity index (χ0v) is 11.5. The molecule has 0 atom stereocenters. The minimum atomic E-state index is 1.04. The number of hydrogen-bond donors (Lipinski definition) is 0. The molecule has 0 unspecified atom stereocenters. The van der Waals surface area contributed by atoms with E-state index in [1.165, 1.54) is 5.56 Å². The van der Waals surface area contributed by atoms with Gasteiger partial charge in [0.25, 0.3) is 0 Å². The molecular formula is C11H15Br2N. The highest BCUT2D eigenvalue weighted by molar-refractivity contribution is 9.10. The van der Waals surface area contributed by atoms with E-state index in [1.54, 1.807) is 0 Å². The van der Waals surface area contributed by atoms with Crippen LogP contribution in [0.2, 0.25) is 0 Å². The third kappa shape index (κ3) is 4.11. The largest absolute Gasteiger partial charge is 0.299 e. The summed E-state index contributed by atoms with van der Waals surface area (Å²) < 4.78 is 1.14. The highest BCUT2D eigenvalue weighted by atomic mass is 79.9. The van der Waals surface area contributed by atoms with Gasteiger partial charge in [-0.2, -0.15) is 0 Å². The Labute approximate surface area is 103 Å². The van der Waals surface area contributed by atoms with Crippen LogP contribution >= 0.6 is 31.9 Å². The van der Waals surface area contributed by atoms with E-state index in [1.807, 2.05) is 0 Å². The predicted molar refractivity (Wildman–Crippen MR) is 68.9 cm³/mol. The third-order valence-corrected chi connectivity index (χ3v) is 3.05. The molecule has 0 amide bonds. The maximum Gasteiger partial charge on any atom is 0.0233 e. The molecular weight excluding hydrogens is 306 g/mol. The molecule has 0 aliphatic rings. The Morgan fingerprint density at radius 1 is 1.21 bits per heavy atom. The lowest BCUT2D eigenvalue weighted by molar-refractivity contribution is 0.299. The molecule has 0 heterocycles. The van der Waals surface area contributed by atoms with Gasteiger partial charge in [0.15, 0.2) is 0 Å². The Bertz CT molecular complexity index is 258. The van der Waals surface area contributed by atoms with E-state index >= 15 is 0 Å². The fourth-order valence-corrected chi connectivity index (χ4v) is 2.08. The summed E-state index contributed by atoms with van der Waals surface area (Å²) in [6, 6.07) is 8.52. The van der Waals surface area contributed by atoms with Crippen LogP contribution < -0.4 is 0 Å². The Balaban J connectivity index is 2.53. The summed E-state index contributed by atoms with van der Waals surface area (Å²) in [6.45, 7) is 5.44. The van der Waals surface area contributed by atoms with Gasteiger partial charge in [-0.15, -0.1) is 0 Å². The van der Waals surface area contributed by atoms with Crippen molar-refractivity contribution >= 4 is 31.9 Å². The molecule has 14 heavy (non-hydrogen) atoms. The molecule has 0 spiro atoms. The molecule has 0 fully saturated rings. The molecule has 0 bridgehead atoms. The Morgan fingerprint density at radius 2 is 1.86 bits per heavy atom. The van der Waals surface area contributed by atoms with E-state index in [4.69, 9.17) is 0 Å². The number of alkyl halides is 1. The van der Waals surface area contributed by atoms with Crippen molar-refractivity contribution < 1.29 is 0 Å². The molecule has 3 heteroatoms. The van der Waals surface area contributed by atoms with Crippen LogP contribution in [-0.4, -0.2) is 23.3 Å². The van der Waals surface area contributed by atoms with Crippen LogP contribution in [0.4, 0.5) is 0 Å². The monoisotopic (exact) mass is 319 g/mol. The Kier molecular flexibility index (Phi) is 5.75. The molecule has 1 aromatic carbocycles. The van der Waals surface area contributed by atoms with Crippen molar-refractivity contribution in [2.75, 3.05) is 18.4 Å². The van der Waals surface area contributed by atoms with Crippen molar-refractivity contribution in [3.8, 4) is 0 Å². The van der Waals surface area contributed by atoms with Gasteiger partial charge in [-0.25, -0.2) is 0 Å². The van der Waals surface area contributed by atoms with Gasteiger partial charge in [0.2, 0.25) is 0 Å². The third-order valence-electron chi connectivity index (χ3n) is 2.17. The normalized spacial score (nSPS) is 10.9. The fourth-order valence-electron chi connectivity index (χ4n) is 1.32. The van der Waals surface area contributed by atoms with E-state index in [9.17, 15) is 0 Å². The van der Waals surface area contributed by atoms with Crippen molar-refractivity contribution in [1.82, 2.24) is 4.90 Å². The van der Waals surface area contributed by atoms with Gasteiger partial charge in [0.05, 0.1) is 0 Å². The highest BCUT2D eigenvalue weighted by Gasteiger charge is 2.01. The predicted octanol–water partition coefficient (Wildman–Crippen LogP) is 3.67. The fraction of sp³-hybridized carbons (Fsp3) is 0.455. The van der Waals surface area contributed by atoms with E-state index < -0.39 is 0 Å². The summed E-state index contributed by atoms with van der Waals surface area (Å²) in [5, 5.41) is 1.04. The van der Waals surface area contributed by atoms with E-state index in [-0.39, 0.29) is 0 Å². The molecule has 0 saturated heterocycles. The smallest absolute Gasteiger partial charge is 0.0233 e. The van der Waals surface area contributed by atoms with Gasteiger partial charge in [-0.3, -0.25) is 4.90 Å². The molecule has 0 aromatic heterocycles. The molecule has 0 aliphatic heterocycles. The van der Waals surface area contributed by atoms with Crippen molar-refractivity contribution in [3.05, 3.63) is 34.3 Å². The van der Waals surface area contributed by atoms with Gasteiger partial charge < -0.3 is 0 Å². The minimum absolute atomic E-state index is 1.04. The topological polar surface area (TPSA) is 3.24 Å². The van der Waals surface area contributed by atoms with Gasteiger partial charge in [-0.05, 0) is 24.2 Å². The Morgan fingerprint density at radius 3 is 2.36 bits per heavy atom. The van der Waals surface area contributed by atoms with E-state index in [0.717, 1.165) is 29.4 Å². The highest BCUT2D eigenvalue weighted by Crippen LogP contribution is 2.12. The van der Waals surface area contributed by atoms with Crippen molar-refractivity contribution in [2.45, 2.75) is 13.5 Å². The lowest BCUT2D eigenvalue weighted by atomic mass is 10.2. The zero-order chi connectivity index (χ0) is 10.4. The number of benzene rings is 1. The lowest BCUT2D eigenvalue weighted by Gasteiger charge is -2.18. The van der Waals surface area contributed by atoms with Crippen LogP contribution in [0.3, 0.4) is 0 Å². The van der Waals surface area contributed by atoms with Crippen molar-refractivity contribution in [3.63, 3.8) is 0 Å². The van der Waals surface area contributed by atoms with Crippen LogP contribution in [0.1, 0.15) is 12.5 Å². The quantitative estimate of drug-likeness (QED) is 0.748. The first-order valence-corrected chi connectivity index (χ1v) is 6.70. The van der Waals surface area contributed by atoms with Crippen LogP contribution in [0.25, 0.3) is 0 Å². The first-order valence-electron chi connectivity index (χ1n) is 4.79. The number of halogens is 2. The second kappa shape index (κ2) is 6.59. The molecule has 1 rings (SSSR count). The van der Waals surface area contributed by atoms with Crippen LogP contribution in [0, 0.1) is 0 Å². The van der Waals surface area contributed by atoms with Crippen molar-refractivity contribution in [2.24, 2.45) is 0 Å². The lowest BCUT2D eigenvalue weighted by Crippen LogP contribution is -2.24. The first-order chi connectivity index (χ1) is 6.76. The standard InChI is InChI=1S/C11H15Br2N/c1-2-14(8-7-12)9-10-3-5-11(13)6-4-10/h3-6H,2,7-9H2,1H3. The van der Waals surface area contributed by atoms with Crippen molar-refractivity contribution in [1.29, 1.82) is 0 Å². The summed E-state index contributed by atoms with van der Waals surface area (Å²) in [4.78, 5) is 2.41. The maximum absolute atomic E-state index is 3.47. The summed E-state index contributed by atoms with van der Waals surface area (Å²) in [6.07, 6.45) is 0. The molecule has 78 valence electrons. The van der Waals surface area contributed by atoms with Crippen LogP contribution in [0.5, 0.6) is 0 Å². The SMILES string of the molecule is CCN(CCBr)Cc1ccc(Br)cc1. The van der Waals surface area contributed by atoms with Gasteiger partial charge in [0.1, 0.15) is 0 Å². The maximum atomic E-state index is 3.47. The van der Waals surface area contributed by atoms with E-state index in [0.29, 0.717) is 0 Å². The second-order valence-corrected chi connectivity index (χ2v) is 4.89. The number of nitrogens with zero attached hydrogens (tertiary/aromatic N) is 1. The zero-order valence-electron chi connectivity index (χ0n) is 8.34. The van der Waals surface area contributed by atoms with E-state index in [2.05, 4.69) is 67.9 Å². The average Bonchev–Trinajstić information content (AvgIpc) is 2.20. The number of rotatable bonds is 5. The molecule has 1 nitrogen and oxygen atoms in total. The average molecular weight is 321 g/mol. The molecule has 0 aliphatic carbocycles. The van der Waals surface area contributed by atoms with Crippen LogP contribution in [0.15, 0.2) is 28.7 Å².